The lowest BCUT2D eigenvalue weighted by Gasteiger charge is -2.11. The van der Waals surface area contributed by atoms with E-state index in [1.165, 1.54) is 19.5 Å². The first kappa shape index (κ1) is 21.8. The summed E-state index contributed by atoms with van der Waals surface area (Å²) in [6, 6.07) is 16.1. The molecule has 2 aromatic carbocycles. The topological polar surface area (TPSA) is 52.6 Å². The fraction of sp³-hybridized carbons (Fsp3) is 0.154. The lowest BCUT2D eigenvalue weighted by Crippen LogP contribution is -2.14. The zero-order valence-corrected chi connectivity index (χ0v) is 20.5. The third-order valence-electron chi connectivity index (χ3n) is 5.29. The summed E-state index contributed by atoms with van der Waals surface area (Å²) in [5.41, 5.74) is 0.460. The third-order valence-corrected chi connectivity index (χ3v) is 8.61. The number of hydrogen-bond donors (Lipinski definition) is 0. The van der Waals surface area contributed by atoms with E-state index in [4.69, 9.17) is 9.47 Å². The van der Waals surface area contributed by atoms with Crippen LogP contribution in [0, 0.1) is 0 Å². The van der Waals surface area contributed by atoms with Gasteiger partial charge in [-0.1, -0.05) is 12.1 Å². The molecule has 0 amide bonds. The van der Waals surface area contributed by atoms with Crippen LogP contribution in [0.1, 0.15) is 34.6 Å². The van der Waals surface area contributed by atoms with Crippen molar-refractivity contribution in [3.05, 3.63) is 70.4 Å². The maximum absolute atomic E-state index is 12.7. The molecule has 0 N–H and O–H groups in total. The van der Waals surface area contributed by atoms with E-state index < -0.39 is 11.9 Å². The summed E-state index contributed by atoms with van der Waals surface area (Å²) < 4.78 is 10.5. The van der Waals surface area contributed by atoms with Crippen molar-refractivity contribution in [2.24, 2.45) is 0 Å². The van der Waals surface area contributed by atoms with E-state index in [-0.39, 0.29) is 24.3 Å². The molecule has 7 heteroatoms. The molecule has 0 atom stereocenters. The number of thiophene rings is 3. The third kappa shape index (κ3) is 3.97. The van der Waals surface area contributed by atoms with E-state index >= 15 is 0 Å². The molecule has 33 heavy (non-hydrogen) atoms. The van der Waals surface area contributed by atoms with Crippen molar-refractivity contribution in [2.45, 2.75) is 13.8 Å². The predicted octanol–water partition coefficient (Wildman–Crippen LogP) is 7.86. The predicted molar refractivity (Wildman–Crippen MR) is 138 cm³/mol. The quantitative estimate of drug-likeness (QED) is 0.226. The molecular weight excluding hydrogens is 472 g/mol. The standard InChI is InChI=1S/C26H20O4S3/c1-3-29-25(27)19-13-15-11-17-18(12-16(15)14-20(19)26(28)30-4-2)24(22-8-6-10-32-22)33-23(17)21-7-5-9-31-21/h5-14H,3-4H2,1-2H3. The number of carbonyl (C=O) groups is 2. The molecule has 3 heterocycles. The number of hydrogen-bond acceptors (Lipinski definition) is 7. The molecule has 0 unspecified atom stereocenters. The van der Waals surface area contributed by atoms with E-state index in [1.807, 2.05) is 0 Å². The average Bonchev–Trinajstić information content (AvgIpc) is 3.57. The Kier molecular flexibility index (Phi) is 6.01. The summed E-state index contributed by atoms with van der Waals surface area (Å²) >= 11 is 5.20. The molecular formula is C26H20O4S3. The van der Waals surface area contributed by atoms with Gasteiger partial charge in [0.2, 0.25) is 0 Å². The molecule has 0 aliphatic rings. The van der Waals surface area contributed by atoms with Crippen LogP contribution in [-0.2, 0) is 9.47 Å². The Labute approximate surface area is 203 Å². The van der Waals surface area contributed by atoms with Crippen molar-refractivity contribution in [3.8, 4) is 19.5 Å². The highest BCUT2D eigenvalue weighted by Crippen LogP contribution is 2.47. The molecule has 0 aliphatic heterocycles. The molecule has 0 fully saturated rings. The molecule has 166 valence electrons. The highest BCUT2D eigenvalue weighted by Gasteiger charge is 2.22. The van der Waals surface area contributed by atoms with E-state index in [9.17, 15) is 9.59 Å². The summed E-state index contributed by atoms with van der Waals surface area (Å²) in [6.45, 7) is 3.96. The maximum Gasteiger partial charge on any atom is 0.339 e. The van der Waals surface area contributed by atoms with Crippen molar-refractivity contribution in [3.63, 3.8) is 0 Å². The number of esters is 2. The Morgan fingerprint density at radius 1 is 0.727 bits per heavy atom. The van der Waals surface area contributed by atoms with E-state index in [0.717, 1.165) is 21.5 Å². The van der Waals surface area contributed by atoms with Gasteiger partial charge in [-0.05, 0) is 71.8 Å². The minimum atomic E-state index is -0.523. The Bertz CT molecular complexity index is 1350. The Hall–Kier alpha value is -3.00. The largest absolute Gasteiger partial charge is 0.462 e. The molecule has 0 bridgehead atoms. The first-order chi connectivity index (χ1) is 16.1. The lowest BCUT2D eigenvalue weighted by atomic mass is 9.97. The van der Waals surface area contributed by atoms with Crippen LogP contribution < -0.4 is 0 Å². The van der Waals surface area contributed by atoms with Gasteiger partial charge in [-0.3, -0.25) is 0 Å². The van der Waals surface area contributed by atoms with Gasteiger partial charge in [0.25, 0.3) is 0 Å². The molecule has 0 saturated heterocycles. The fourth-order valence-corrected chi connectivity index (χ4v) is 6.87. The van der Waals surface area contributed by atoms with E-state index in [1.54, 1.807) is 60.0 Å². The van der Waals surface area contributed by atoms with Crippen LogP contribution in [0.5, 0.6) is 0 Å². The molecule has 0 spiro atoms. The second kappa shape index (κ2) is 9.09. The first-order valence-electron chi connectivity index (χ1n) is 10.6. The molecule has 0 aliphatic carbocycles. The van der Waals surface area contributed by atoms with Gasteiger partial charge in [-0.25, -0.2) is 9.59 Å². The Balaban J connectivity index is 1.80. The zero-order valence-electron chi connectivity index (χ0n) is 18.0. The van der Waals surface area contributed by atoms with Gasteiger partial charge in [0, 0.05) is 20.5 Å². The minimum absolute atomic E-state index is 0.230. The van der Waals surface area contributed by atoms with Crippen molar-refractivity contribution < 1.29 is 19.1 Å². The van der Waals surface area contributed by atoms with Gasteiger partial charge >= 0.3 is 11.9 Å². The molecule has 5 rings (SSSR count). The van der Waals surface area contributed by atoms with Crippen molar-refractivity contribution >= 4 is 67.5 Å². The van der Waals surface area contributed by atoms with Gasteiger partial charge in [0.05, 0.1) is 34.1 Å². The minimum Gasteiger partial charge on any atom is -0.462 e. The summed E-state index contributed by atoms with van der Waals surface area (Å²) in [6.07, 6.45) is 0. The summed E-state index contributed by atoms with van der Waals surface area (Å²) in [5, 5.41) is 8.20. The highest BCUT2D eigenvalue weighted by molar-refractivity contribution is 7.27. The molecule has 0 radical (unpaired) electrons. The fourth-order valence-electron chi connectivity index (χ4n) is 3.87. The van der Waals surface area contributed by atoms with Gasteiger partial charge in [-0.15, -0.1) is 34.0 Å². The molecule has 4 nitrogen and oxygen atoms in total. The van der Waals surface area contributed by atoms with Crippen LogP contribution in [0.25, 0.3) is 41.1 Å². The molecule has 3 aromatic heterocycles. The number of ether oxygens (including phenoxy) is 2. The smallest absolute Gasteiger partial charge is 0.339 e. The van der Waals surface area contributed by atoms with Crippen LogP contribution in [0.2, 0.25) is 0 Å². The zero-order chi connectivity index (χ0) is 22.9. The van der Waals surface area contributed by atoms with Crippen LogP contribution in [0.3, 0.4) is 0 Å². The van der Waals surface area contributed by atoms with Crippen LogP contribution in [-0.4, -0.2) is 25.2 Å². The number of carbonyl (C=O) groups excluding carboxylic acids is 2. The SMILES string of the molecule is CCOC(=O)c1cc2cc3c(-c4cccs4)sc(-c4cccs4)c3cc2cc1C(=O)OCC. The second-order valence-electron chi connectivity index (χ2n) is 7.30. The monoisotopic (exact) mass is 492 g/mol. The summed E-state index contributed by atoms with van der Waals surface area (Å²) in [7, 11) is 0. The summed E-state index contributed by atoms with van der Waals surface area (Å²) in [4.78, 5) is 30.2. The summed E-state index contributed by atoms with van der Waals surface area (Å²) in [5.74, 6) is -1.05. The van der Waals surface area contributed by atoms with Crippen molar-refractivity contribution in [1.29, 1.82) is 0 Å². The lowest BCUT2D eigenvalue weighted by molar-refractivity contribution is 0.0479. The second-order valence-corrected chi connectivity index (χ2v) is 10.2. The normalized spacial score (nSPS) is 11.2. The van der Waals surface area contributed by atoms with Crippen LogP contribution in [0.4, 0.5) is 0 Å². The van der Waals surface area contributed by atoms with Gasteiger partial charge < -0.3 is 9.47 Å². The van der Waals surface area contributed by atoms with Gasteiger partial charge in [-0.2, -0.15) is 0 Å². The van der Waals surface area contributed by atoms with E-state index in [2.05, 4.69) is 47.2 Å². The van der Waals surface area contributed by atoms with Crippen molar-refractivity contribution in [1.82, 2.24) is 0 Å². The number of benzene rings is 2. The van der Waals surface area contributed by atoms with E-state index in [0.29, 0.717) is 0 Å². The van der Waals surface area contributed by atoms with Crippen molar-refractivity contribution in [2.75, 3.05) is 13.2 Å². The van der Waals surface area contributed by atoms with Crippen LogP contribution in [0.15, 0.2) is 59.3 Å². The molecule has 0 saturated carbocycles. The Morgan fingerprint density at radius 3 is 1.55 bits per heavy atom. The van der Waals surface area contributed by atoms with Gasteiger partial charge in [0.15, 0.2) is 0 Å². The highest BCUT2D eigenvalue weighted by atomic mass is 32.1. The Morgan fingerprint density at radius 2 is 1.18 bits per heavy atom. The van der Waals surface area contributed by atoms with Crippen LogP contribution >= 0.6 is 34.0 Å². The number of rotatable bonds is 6. The number of fused-ring (bicyclic) bond motifs is 2. The molecule has 5 aromatic rings. The maximum atomic E-state index is 12.7. The first-order valence-corrected chi connectivity index (χ1v) is 13.1. The van der Waals surface area contributed by atoms with Gasteiger partial charge in [0.1, 0.15) is 0 Å². The average molecular weight is 493 g/mol.